The van der Waals surface area contributed by atoms with Crippen LogP contribution in [0.15, 0.2) is 54.6 Å². The second-order valence-electron chi connectivity index (χ2n) is 7.31. The van der Waals surface area contributed by atoms with Gasteiger partial charge in [-0.15, -0.1) is 0 Å². The summed E-state index contributed by atoms with van der Waals surface area (Å²) in [4.78, 5) is 27.6. The molecule has 0 bridgehead atoms. The van der Waals surface area contributed by atoms with Crippen LogP contribution in [0.25, 0.3) is 0 Å². The molecule has 140 valence electrons. The van der Waals surface area contributed by atoms with E-state index in [9.17, 15) is 9.59 Å². The van der Waals surface area contributed by atoms with Crippen LogP contribution in [-0.2, 0) is 4.79 Å². The molecule has 27 heavy (non-hydrogen) atoms. The number of nitrogens with one attached hydrogen (secondary N) is 1. The molecule has 1 saturated heterocycles. The lowest BCUT2D eigenvalue weighted by Gasteiger charge is -2.20. The second-order valence-corrected chi connectivity index (χ2v) is 7.31. The molecule has 1 N–H and O–H groups in total. The van der Waals surface area contributed by atoms with E-state index in [1.165, 1.54) is 0 Å². The third-order valence-corrected chi connectivity index (χ3v) is 5.43. The van der Waals surface area contributed by atoms with Crippen molar-refractivity contribution in [3.8, 4) is 5.75 Å². The van der Waals surface area contributed by atoms with Crippen molar-refractivity contribution in [2.45, 2.75) is 24.8 Å². The Morgan fingerprint density at radius 3 is 2.41 bits per heavy atom. The Morgan fingerprint density at radius 1 is 1.00 bits per heavy atom. The van der Waals surface area contributed by atoms with Crippen molar-refractivity contribution >= 4 is 11.8 Å². The smallest absolute Gasteiger partial charge is 0.253 e. The summed E-state index contributed by atoms with van der Waals surface area (Å²) in [6.45, 7) is 0.936. The zero-order valence-corrected chi connectivity index (χ0v) is 15.4. The molecule has 0 unspecified atom stereocenters. The summed E-state index contributed by atoms with van der Waals surface area (Å²) >= 11 is 0. The number of nitrogens with zero attached hydrogens (tertiary/aromatic N) is 1. The topological polar surface area (TPSA) is 58.6 Å². The molecule has 2 atom stereocenters. The predicted octanol–water partition coefficient (Wildman–Crippen LogP) is 2.83. The fourth-order valence-electron chi connectivity index (χ4n) is 3.82. The van der Waals surface area contributed by atoms with Gasteiger partial charge in [0, 0.05) is 30.6 Å². The van der Waals surface area contributed by atoms with E-state index in [2.05, 4.69) is 5.32 Å². The number of ether oxygens (including phenoxy) is 1. The van der Waals surface area contributed by atoms with Gasteiger partial charge in [-0.2, -0.15) is 0 Å². The number of rotatable bonds is 5. The first-order valence-corrected chi connectivity index (χ1v) is 9.45. The SMILES string of the molecule is COc1ccccc1[C@H]1CN(C(=O)c2ccccc2)C[C@@H]1C(=O)NC1CC1. The third-order valence-electron chi connectivity index (χ3n) is 5.43. The Bertz CT molecular complexity index is 832. The van der Waals surface area contributed by atoms with Crippen molar-refractivity contribution in [1.82, 2.24) is 10.2 Å². The fourth-order valence-corrected chi connectivity index (χ4v) is 3.82. The Hall–Kier alpha value is -2.82. The molecular weight excluding hydrogens is 340 g/mol. The molecule has 4 rings (SSSR count). The van der Waals surface area contributed by atoms with Crippen LogP contribution in [0.4, 0.5) is 0 Å². The number of carbonyl (C=O) groups is 2. The maximum Gasteiger partial charge on any atom is 0.253 e. The molecule has 2 fully saturated rings. The minimum Gasteiger partial charge on any atom is -0.496 e. The van der Waals surface area contributed by atoms with E-state index in [1.54, 1.807) is 12.0 Å². The highest BCUT2D eigenvalue weighted by atomic mass is 16.5. The first-order chi connectivity index (χ1) is 13.2. The van der Waals surface area contributed by atoms with Crippen LogP contribution in [0.3, 0.4) is 0 Å². The van der Waals surface area contributed by atoms with Gasteiger partial charge in [-0.3, -0.25) is 9.59 Å². The molecule has 1 heterocycles. The Kier molecular flexibility index (Phi) is 4.84. The molecule has 1 aliphatic carbocycles. The van der Waals surface area contributed by atoms with Gasteiger partial charge in [0.15, 0.2) is 0 Å². The fraction of sp³-hybridized carbons (Fsp3) is 0.364. The first kappa shape index (κ1) is 17.6. The van der Waals surface area contributed by atoms with Gasteiger partial charge >= 0.3 is 0 Å². The zero-order valence-electron chi connectivity index (χ0n) is 15.4. The molecule has 5 heteroatoms. The highest BCUT2D eigenvalue weighted by Gasteiger charge is 2.42. The molecule has 2 aliphatic rings. The normalized spacial score (nSPS) is 21.7. The summed E-state index contributed by atoms with van der Waals surface area (Å²) in [5, 5.41) is 3.11. The molecule has 0 aromatic heterocycles. The van der Waals surface area contributed by atoms with E-state index >= 15 is 0 Å². The van der Waals surface area contributed by atoms with Gasteiger partial charge in [0.25, 0.3) is 5.91 Å². The van der Waals surface area contributed by atoms with Gasteiger partial charge in [-0.25, -0.2) is 0 Å². The van der Waals surface area contributed by atoms with Crippen LogP contribution in [0.1, 0.15) is 34.7 Å². The summed E-state index contributed by atoms with van der Waals surface area (Å²) in [7, 11) is 1.64. The highest BCUT2D eigenvalue weighted by Crippen LogP contribution is 2.38. The molecular formula is C22H24N2O3. The molecule has 2 aromatic carbocycles. The molecule has 2 amide bonds. The van der Waals surface area contributed by atoms with Crippen molar-refractivity contribution in [2.75, 3.05) is 20.2 Å². The minimum absolute atomic E-state index is 0.0304. The van der Waals surface area contributed by atoms with Gasteiger partial charge < -0.3 is 15.0 Å². The van der Waals surface area contributed by atoms with Crippen molar-refractivity contribution < 1.29 is 14.3 Å². The van der Waals surface area contributed by atoms with Gasteiger partial charge in [0.1, 0.15) is 5.75 Å². The van der Waals surface area contributed by atoms with E-state index in [0.29, 0.717) is 24.7 Å². The van der Waals surface area contributed by atoms with Crippen LogP contribution >= 0.6 is 0 Å². The van der Waals surface area contributed by atoms with Gasteiger partial charge in [0.2, 0.25) is 5.91 Å². The first-order valence-electron chi connectivity index (χ1n) is 9.45. The number of carbonyl (C=O) groups excluding carboxylic acids is 2. The number of para-hydroxylation sites is 1. The monoisotopic (exact) mass is 364 g/mol. The molecule has 0 radical (unpaired) electrons. The van der Waals surface area contributed by atoms with Crippen LogP contribution in [0, 0.1) is 5.92 Å². The summed E-state index contributed by atoms with van der Waals surface area (Å²) in [5.41, 5.74) is 1.64. The number of methoxy groups -OCH3 is 1. The largest absolute Gasteiger partial charge is 0.496 e. The molecule has 1 aliphatic heterocycles. The summed E-state index contributed by atoms with van der Waals surface area (Å²) in [5.74, 6) is 0.428. The molecule has 5 nitrogen and oxygen atoms in total. The average molecular weight is 364 g/mol. The molecule has 2 aromatic rings. The number of benzene rings is 2. The van der Waals surface area contributed by atoms with E-state index in [0.717, 1.165) is 24.2 Å². The maximum atomic E-state index is 12.9. The number of likely N-dealkylation sites (tertiary alicyclic amines) is 1. The van der Waals surface area contributed by atoms with Crippen molar-refractivity contribution in [2.24, 2.45) is 5.92 Å². The van der Waals surface area contributed by atoms with E-state index in [1.807, 2.05) is 54.6 Å². The minimum atomic E-state index is -0.269. The predicted molar refractivity (Wildman–Crippen MR) is 103 cm³/mol. The lowest BCUT2D eigenvalue weighted by Crippen LogP contribution is -2.36. The molecule has 1 saturated carbocycles. The van der Waals surface area contributed by atoms with Gasteiger partial charge in [0.05, 0.1) is 13.0 Å². The van der Waals surface area contributed by atoms with E-state index in [-0.39, 0.29) is 23.7 Å². The highest BCUT2D eigenvalue weighted by molar-refractivity contribution is 5.95. The summed E-state index contributed by atoms with van der Waals surface area (Å²) in [6, 6.07) is 17.3. The standard InChI is InChI=1S/C22H24N2O3/c1-27-20-10-6-5-9-17(20)18-13-24(22(26)15-7-3-2-4-8-15)14-19(18)21(25)23-16-11-12-16/h2-10,16,18-19H,11-14H2,1H3,(H,23,25)/t18-,19+/m1/s1. The Labute approximate surface area is 159 Å². The van der Waals surface area contributed by atoms with Crippen molar-refractivity contribution in [3.05, 3.63) is 65.7 Å². The van der Waals surface area contributed by atoms with Crippen molar-refractivity contribution in [3.63, 3.8) is 0 Å². The van der Waals surface area contributed by atoms with Crippen LogP contribution in [-0.4, -0.2) is 43.0 Å². The van der Waals surface area contributed by atoms with Gasteiger partial charge in [-0.1, -0.05) is 36.4 Å². The number of hydrogen-bond acceptors (Lipinski definition) is 3. The van der Waals surface area contributed by atoms with Crippen molar-refractivity contribution in [1.29, 1.82) is 0 Å². The number of amides is 2. The summed E-state index contributed by atoms with van der Waals surface area (Å²) in [6.07, 6.45) is 2.09. The number of hydrogen-bond donors (Lipinski definition) is 1. The van der Waals surface area contributed by atoms with E-state index < -0.39 is 0 Å². The van der Waals surface area contributed by atoms with Gasteiger partial charge in [-0.05, 0) is 36.6 Å². The zero-order chi connectivity index (χ0) is 18.8. The molecule has 0 spiro atoms. The quantitative estimate of drug-likeness (QED) is 0.888. The lowest BCUT2D eigenvalue weighted by atomic mass is 9.87. The van der Waals surface area contributed by atoms with Crippen LogP contribution in [0.2, 0.25) is 0 Å². The van der Waals surface area contributed by atoms with Crippen LogP contribution < -0.4 is 10.1 Å². The second kappa shape index (κ2) is 7.43. The Balaban J connectivity index is 1.62. The maximum absolute atomic E-state index is 12.9. The van der Waals surface area contributed by atoms with Crippen LogP contribution in [0.5, 0.6) is 5.75 Å². The van der Waals surface area contributed by atoms with E-state index in [4.69, 9.17) is 4.74 Å². The lowest BCUT2D eigenvalue weighted by molar-refractivity contribution is -0.125. The Morgan fingerprint density at radius 2 is 1.70 bits per heavy atom. The third kappa shape index (κ3) is 3.68. The summed E-state index contributed by atoms with van der Waals surface area (Å²) < 4.78 is 5.52. The average Bonchev–Trinajstić information content (AvgIpc) is 3.42.